The molecule has 0 fully saturated rings. The van der Waals surface area contributed by atoms with E-state index in [4.69, 9.17) is 26.1 Å². The van der Waals surface area contributed by atoms with Crippen LogP contribution in [-0.4, -0.2) is 22.5 Å². The van der Waals surface area contributed by atoms with Gasteiger partial charge in [-0.15, -0.1) is 0 Å². The van der Waals surface area contributed by atoms with Gasteiger partial charge in [-0.05, 0) is 76.4 Å². The smallest absolute Gasteiger partial charge is 0.282 e. The van der Waals surface area contributed by atoms with E-state index in [-0.39, 0.29) is 5.56 Å². The summed E-state index contributed by atoms with van der Waals surface area (Å²) in [6.07, 6.45) is 1.62. The Kier molecular flexibility index (Phi) is 8.41. The van der Waals surface area contributed by atoms with Crippen molar-refractivity contribution in [1.82, 2.24) is 9.66 Å². The van der Waals surface area contributed by atoms with Gasteiger partial charge in [0.2, 0.25) is 0 Å². The highest BCUT2D eigenvalue weighted by Crippen LogP contribution is 2.37. The average molecular weight is 648 g/mol. The van der Waals surface area contributed by atoms with Crippen molar-refractivity contribution < 1.29 is 9.47 Å². The lowest BCUT2D eigenvalue weighted by molar-refractivity contribution is 0.267. The summed E-state index contributed by atoms with van der Waals surface area (Å²) in [4.78, 5) is 18.2. The third-order valence-corrected chi connectivity index (χ3v) is 6.76. The molecule has 3 aromatic carbocycles. The molecule has 0 unspecified atom stereocenters. The van der Waals surface area contributed by atoms with E-state index >= 15 is 0 Å². The highest BCUT2D eigenvalue weighted by molar-refractivity contribution is 9.10. The van der Waals surface area contributed by atoms with Crippen LogP contribution in [0.4, 0.5) is 0 Å². The molecule has 1 heterocycles. The Morgan fingerprint density at radius 3 is 2.46 bits per heavy atom. The van der Waals surface area contributed by atoms with E-state index in [1.165, 1.54) is 4.68 Å². The van der Waals surface area contributed by atoms with Gasteiger partial charge < -0.3 is 9.47 Å². The lowest BCUT2D eigenvalue weighted by Gasteiger charge is -2.21. The molecule has 1 aromatic heterocycles. The zero-order valence-electron chi connectivity index (χ0n) is 20.9. The van der Waals surface area contributed by atoms with Crippen LogP contribution in [0.25, 0.3) is 10.9 Å². The molecule has 0 radical (unpaired) electrons. The number of hydrogen-bond donors (Lipinski definition) is 0. The van der Waals surface area contributed by atoms with Crippen molar-refractivity contribution in [2.24, 2.45) is 5.10 Å². The van der Waals surface area contributed by atoms with E-state index in [0.717, 1.165) is 15.6 Å². The lowest BCUT2D eigenvalue weighted by atomic mass is 9.95. The second-order valence-corrected chi connectivity index (χ2v) is 11.6. The van der Waals surface area contributed by atoms with Crippen LogP contribution in [0.15, 0.2) is 73.4 Å². The third-order valence-electron chi connectivity index (χ3n) is 5.43. The molecule has 0 saturated heterocycles. The number of fused-ring (bicyclic) bond motifs is 1. The number of aromatic nitrogens is 2. The number of ether oxygens (including phenoxy) is 2. The third kappa shape index (κ3) is 6.43. The molecule has 0 spiro atoms. The standard InChI is InChI=1S/C28H26Br2ClN3O3/c1-5-36-24-13-18(12-22(30)25(24)37-16-17-6-9-20(31)10-7-17)15-32-34-26(35)21-14-19(29)8-11-23(21)33-27(34)28(2,3)4/h6-15H,5,16H2,1-4H3. The quantitative estimate of drug-likeness (QED) is 0.193. The Labute approximate surface area is 237 Å². The summed E-state index contributed by atoms with van der Waals surface area (Å²) in [5.74, 6) is 1.71. The van der Waals surface area contributed by atoms with Gasteiger partial charge >= 0.3 is 0 Å². The van der Waals surface area contributed by atoms with Crippen LogP contribution in [0.2, 0.25) is 5.02 Å². The number of halogens is 3. The van der Waals surface area contributed by atoms with Crippen LogP contribution in [0.1, 0.15) is 44.6 Å². The summed E-state index contributed by atoms with van der Waals surface area (Å²) in [6, 6.07) is 16.7. The van der Waals surface area contributed by atoms with Crippen molar-refractivity contribution in [2.45, 2.75) is 39.7 Å². The SMILES string of the molecule is CCOc1cc(C=Nn2c(C(C)(C)C)nc3ccc(Br)cc3c2=O)cc(Br)c1OCc1ccc(Cl)cc1. The van der Waals surface area contributed by atoms with E-state index in [2.05, 4.69) is 37.0 Å². The molecule has 0 saturated carbocycles. The predicted octanol–water partition coefficient (Wildman–Crippen LogP) is 7.73. The number of benzene rings is 3. The molecule has 0 aliphatic carbocycles. The minimum Gasteiger partial charge on any atom is -0.490 e. The van der Waals surface area contributed by atoms with Gasteiger partial charge in [0, 0.05) is 14.9 Å². The molecule has 0 N–H and O–H groups in total. The second-order valence-electron chi connectivity index (χ2n) is 9.39. The molecule has 4 aromatic rings. The van der Waals surface area contributed by atoms with Crippen molar-refractivity contribution in [3.8, 4) is 11.5 Å². The van der Waals surface area contributed by atoms with Crippen molar-refractivity contribution in [1.29, 1.82) is 0 Å². The highest BCUT2D eigenvalue weighted by Gasteiger charge is 2.23. The fourth-order valence-electron chi connectivity index (χ4n) is 3.67. The summed E-state index contributed by atoms with van der Waals surface area (Å²) in [5, 5.41) is 5.73. The summed E-state index contributed by atoms with van der Waals surface area (Å²) in [6.45, 7) is 8.73. The zero-order chi connectivity index (χ0) is 26.7. The predicted molar refractivity (Wildman–Crippen MR) is 156 cm³/mol. The van der Waals surface area contributed by atoms with Gasteiger partial charge in [0.05, 0.1) is 28.2 Å². The molecule has 0 aliphatic heterocycles. The van der Waals surface area contributed by atoms with Crippen LogP contribution in [0, 0.1) is 0 Å². The summed E-state index contributed by atoms with van der Waals surface area (Å²) < 4.78 is 14.8. The van der Waals surface area contributed by atoms with E-state index in [1.807, 2.05) is 76.2 Å². The molecular formula is C28H26Br2ClN3O3. The number of rotatable bonds is 7. The van der Waals surface area contributed by atoms with Crippen LogP contribution in [0.3, 0.4) is 0 Å². The molecule has 0 atom stereocenters. The van der Waals surface area contributed by atoms with Crippen LogP contribution in [-0.2, 0) is 12.0 Å². The molecule has 0 amide bonds. The first-order valence-corrected chi connectivity index (χ1v) is 13.6. The number of nitrogens with zero attached hydrogens (tertiary/aromatic N) is 3. The molecule has 0 aliphatic rings. The van der Waals surface area contributed by atoms with E-state index in [1.54, 1.807) is 12.3 Å². The van der Waals surface area contributed by atoms with E-state index in [0.29, 0.717) is 50.9 Å². The average Bonchev–Trinajstić information content (AvgIpc) is 2.84. The first-order chi connectivity index (χ1) is 17.6. The molecule has 6 nitrogen and oxygen atoms in total. The topological polar surface area (TPSA) is 65.7 Å². The van der Waals surface area contributed by atoms with Gasteiger partial charge in [-0.2, -0.15) is 9.78 Å². The first kappa shape index (κ1) is 27.4. The van der Waals surface area contributed by atoms with Crippen LogP contribution in [0.5, 0.6) is 11.5 Å². The van der Waals surface area contributed by atoms with Gasteiger partial charge in [0.1, 0.15) is 12.4 Å². The zero-order valence-corrected chi connectivity index (χ0v) is 24.8. The fraction of sp³-hybridized carbons (Fsp3) is 0.250. The highest BCUT2D eigenvalue weighted by atomic mass is 79.9. The van der Waals surface area contributed by atoms with Crippen molar-refractivity contribution in [2.75, 3.05) is 6.61 Å². The maximum Gasteiger partial charge on any atom is 0.282 e. The lowest BCUT2D eigenvalue weighted by Crippen LogP contribution is -2.29. The Balaban J connectivity index is 1.72. The summed E-state index contributed by atoms with van der Waals surface area (Å²) >= 11 is 13.0. The van der Waals surface area contributed by atoms with E-state index in [9.17, 15) is 4.79 Å². The molecular weight excluding hydrogens is 622 g/mol. The number of hydrogen-bond acceptors (Lipinski definition) is 5. The Morgan fingerprint density at radius 1 is 1.05 bits per heavy atom. The van der Waals surface area contributed by atoms with Gasteiger partial charge in [0.25, 0.3) is 5.56 Å². The fourth-order valence-corrected chi connectivity index (χ4v) is 4.73. The minimum absolute atomic E-state index is 0.237. The Bertz CT molecular complexity index is 1530. The molecule has 4 rings (SSSR count). The Morgan fingerprint density at radius 2 is 1.78 bits per heavy atom. The minimum atomic E-state index is -0.409. The largest absolute Gasteiger partial charge is 0.490 e. The molecule has 0 bridgehead atoms. The maximum absolute atomic E-state index is 13.4. The molecule has 9 heteroatoms. The maximum atomic E-state index is 13.4. The Hall–Kier alpha value is -2.68. The van der Waals surface area contributed by atoms with Crippen molar-refractivity contribution >= 4 is 60.6 Å². The molecule has 37 heavy (non-hydrogen) atoms. The van der Waals surface area contributed by atoms with Gasteiger partial charge in [0.15, 0.2) is 11.5 Å². The van der Waals surface area contributed by atoms with Gasteiger partial charge in [-0.3, -0.25) is 4.79 Å². The monoisotopic (exact) mass is 645 g/mol. The van der Waals surface area contributed by atoms with Crippen LogP contribution >= 0.6 is 43.5 Å². The summed E-state index contributed by atoms with van der Waals surface area (Å²) in [5.41, 5.74) is 1.70. The van der Waals surface area contributed by atoms with Crippen LogP contribution < -0.4 is 15.0 Å². The van der Waals surface area contributed by atoms with Crippen molar-refractivity contribution in [3.63, 3.8) is 0 Å². The first-order valence-electron chi connectivity index (χ1n) is 11.7. The van der Waals surface area contributed by atoms with E-state index < -0.39 is 5.41 Å². The normalized spacial score (nSPS) is 11.9. The molecule has 192 valence electrons. The van der Waals surface area contributed by atoms with Gasteiger partial charge in [-0.1, -0.05) is 60.4 Å². The summed E-state index contributed by atoms with van der Waals surface area (Å²) in [7, 11) is 0. The van der Waals surface area contributed by atoms with Gasteiger partial charge in [-0.25, -0.2) is 4.98 Å². The van der Waals surface area contributed by atoms with Crippen molar-refractivity contribution in [3.05, 3.63) is 95.9 Å². The second kappa shape index (κ2) is 11.4.